The molecule has 2 aromatic carbocycles. The van der Waals surface area contributed by atoms with Gasteiger partial charge in [-0.05, 0) is 50.2 Å². The zero-order valence-corrected chi connectivity index (χ0v) is 18.7. The first-order chi connectivity index (χ1) is 14.0. The maximum absolute atomic E-state index is 13.5. The molecule has 0 saturated heterocycles. The van der Waals surface area contributed by atoms with Crippen molar-refractivity contribution in [2.75, 3.05) is 38.2 Å². The minimum atomic E-state index is -0.00840. The summed E-state index contributed by atoms with van der Waals surface area (Å²) in [6.45, 7) is 11.6. The van der Waals surface area contributed by atoms with Gasteiger partial charge >= 0.3 is 0 Å². The molecule has 29 heavy (non-hydrogen) atoms. The van der Waals surface area contributed by atoms with Crippen molar-refractivity contribution in [2.45, 2.75) is 27.7 Å². The van der Waals surface area contributed by atoms with E-state index >= 15 is 0 Å². The largest absolute Gasteiger partial charge is 0.494 e. The maximum Gasteiger partial charge on any atom is 0.260 e. The summed E-state index contributed by atoms with van der Waals surface area (Å²) < 4.78 is 6.57. The van der Waals surface area contributed by atoms with Gasteiger partial charge in [-0.3, -0.25) is 9.69 Å². The predicted molar refractivity (Wildman–Crippen MR) is 122 cm³/mol. The number of benzene rings is 2. The first-order valence-electron chi connectivity index (χ1n) is 10.0. The van der Waals surface area contributed by atoms with Crippen LogP contribution in [0, 0.1) is 13.8 Å². The molecule has 0 radical (unpaired) electrons. The lowest BCUT2D eigenvalue weighted by atomic mass is 10.1. The Labute approximate surface area is 176 Å². The molecule has 0 spiro atoms. The van der Waals surface area contributed by atoms with Gasteiger partial charge in [0.1, 0.15) is 11.3 Å². The number of fused-ring (bicyclic) bond motifs is 1. The van der Waals surface area contributed by atoms with Crippen LogP contribution in [-0.2, 0) is 0 Å². The molecular weight excluding hydrogens is 382 g/mol. The van der Waals surface area contributed by atoms with Gasteiger partial charge in [-0.2, -0.15) is 0 Å². The third-order valence-corrected chi connectivity index (χ3v) is 6.51. The fourth-order valence-corrected chi connectivity index (χ4v) is 4.48. The molecule has 1 amide bonds. The first-order valence-corrected chi connectivity index (χ1v) is 10.9. The van der Waals surface area contributed by atoms with Crippen molar-refractivity contribution in [2.24, 2.45) is 0 Å². The molecule has 3 rings (SSSR count). The molecule has 0 aliphatic carbocycles. The van der Waals surface area contributed by atoms with Crippen LogP contribution in [-0.4, -0.2) is 49.1 Å². The fraction of sp³-hybridized carbons (Fsp3) is 0.391. The second-order valence-electron chi connectivity index (χ2n) is 7.06. The number of hydrogen-bond acceptors (Lipinski definition) is 5. The van der Waals surface area contributed by atoms with E-state index in [0.29, 0.717) is 11.7 Å². The van der Waals surface area contributed by atoms with Crippen LogP contribution >= 0.6 is 11.3 Å². The lowest BCUT2D eigenvalue weighted by Crippen LogP contribution is -2.39. The Balaban J connectivity index is 2.05. The minimum Gasteiger partial charge on any atom is -0.494 e. The van der Waals surface area contributed by atoms with Gasteiger partial charge in [-0.15, -0.1) is 0 Å². The van der Waals surface area contributed by atoms with Crippen molar-refractivity contribution in [1.29, 1.82) is 0 Å². The van der Waals surface area contributed by atoms with Crippen LogP contribution in [0.4, 0.5) is 5.13 Å². The number of anilines is 1. The number of rotatable bonds is 8. The molecule has 0 atom stereocenters. The van der Waals surface area contributed by atoms with E-state index in [1.54, 1.807) is 18.4 Å². The Bertz CT molecular complexity index is 995. The molecule has 3 aromatic rings. The molecule has 0 aliphatic rings. The summed E-state index contributed by atoms with van der Waals surface area (Å²) in [5, 5.41) is 0.716. The Kier molecular flexibility index (Phi) is 6.87. The summed E-state index contributed by atoms with van der Waals surface area (Å²) in [6.07, 6.45) is 0. The van der Waals surface area contributed by atoms with Crippen molar-refractivity contribution in [1.82, 2.24) is 9.88 Å². The van der Waals surface area contributed by atoms with E-state index < -0.39 is 0 Å². The Morgan fingerprint density at radius 3 is 2.41 bits per heavy atom. The van der Waals surface area contributed by atoms with E-state index in [1.165, 1.54) is 0 Å². The molecule has 154 valence electrons. The summed E-state index contributed by atoms with van der Waals surface area (Å²) in [5.74, 6) is 0.728. The topological polar surface area (TPSA) is 45.7 Å². The number of ether oxygens (including phenoxy) is 1. The van der Waals surface area contributed by atoms with Crippen molar-refractivity contribution >= 4 is 32.6 Å². The van der Waals surface area contributed by atoms with E-state index in [9.17, 15) is 4.79 Å². The summed E-state index contributed by atoms with van der Waals surface area (Å²) in [4.78, 5) is 22.5. The van der Waals surface area contributed by atoms with E-state index in [4.69, 9.17) is 9.72 Å². The molecule has 0 unspecified atom stereocenters. The van der Waals surface area contributed by atoms with Gasteiger partial charge in [0.2, 0.25) is 0 Å². The summed E-state index contributed by atoms with van der Waals surface area (Å²) in [7, 11) is 1.65. The second-order valence-corrected chi connectivity index (χ2v) is 8.04. The first kappa shape index (κ1) is 21.3. The van der Waals surface area contributed by atoms with Crippen LogP contribution in [0.5, 0.6) is 5.75 Å². The molecule has 1 aromatic heterocycles. The average Bonchev–Trinajstić information content (AvgIpc) is 3.17. The van der Waals surface area contributed by atoms with Crippen LogP contribution in [0.25, 0.3) is 10.2 Å². The van der Waals surface area contributed by atoms with E-state index in [2.05, 4.69) is 25.7 Å². The molecule has 0 N–H and O–H groups in total. The maximum atomic E-state index is 13.5. The molecule has 0 fully saturated rings. The van der Waals surface area contributed by atoms with Gasteiger partial charge in [0.25, 0.3) is 5.91 Å². The standard InChI is InChI=1S/C23H29N3O2S/c1-6-25(7-2)14-15-26(22(27)18-11-9-8-10-16(18)3)23-24-20-19(28-5)13-12-17(4)21(20)29-23/h8-13H,6-7,14-15H2,1-5H3. The second kappa shape index (κ2) is 9.37. The van der Waals surface area contributed by atoms with Crippen molar-refractivity contribution in [3.05, 3.63) is 53.1 Å². The van der Waals surface area contributed by atoms with Crippen LogP contribution in [0.15, 0.2) is 36.4 Å². The van der Waals surface area contributed by atoms with E-state index in [0.717, 1.165) is 52.3 Å². The highest BCUT2D eigenvalue weighted by atomic mass is 32.1. The number of likely N-dealkylation sites (N-methyl/N-ethyl adjacent to an activating group) is 1. The highest BCUT2D eigenvalue weighted by molar-refractivity contribution is 7.22. The quantitative estimate of drug-likeness (QED) is 0.528. The number of carbonyl (C=O) groups is 1. The van der Waals surface area contributed by atoms with E-state index in [-0.39, 0.29) is 5.91 Å². The number of thiazole rings is 1. The monoisotopic (exact) mass is 411 g/mol. The normalized spacial score (nSPS) is 11.2. The number of aromatic nitrogens is 1. The molecule has 1 heterocycles. The van der Waals surface area contributed by atoms with E-state index in [1.807, 2.05) is 48.2 Å². The third-order valence-electron chi connectivity index (χ3n) is 5.30. The van der Waals surface area contributed by atoms with Crippen LogP contribution in [0.3, 0.4) is 0 Å². The van der Waals surface area contributed by atoms with Gasteiger partial charge in [0.15, 0.2) is 5.13 Å². The number of hydrogen-bond donors (Lipinski definition) is 0. The Morgan fingerprint density at radius 1 is 1.03 bits per heavy atom. The molecule has 5 nitrogen and oxygen atoms in total. The van der Waals surface area contributed by atoms with Crippen LogP contribution in [0.1, 0.15) is 35.3 Å². The number of methoxy groups -OCH3 is 1. The summed E-state index contributed by atoms with van der Waals surface area (Å²) >= 11 is 1.55. The zero-order valence-electron chi connectivity index (χ0n) is 17.9. The van der Waals surface area contributed by atoms with Gasteiger partial charge in [0, 0.05) is 18.7 Å². The molecule has 0 aliphatic heterocycles. The fourth-order valence-electron chi connectivity index (χ4n) is 3.40. The highest BCUT2D eigenvalue weighted by Gasteiger charge is 2.24. The lowest BCUT2D eigenvalue weighted by Gasteiger charge is -2.25. The average molecular weight is 412 g/mol. The molecule has 0 saturated carbocycles. The minimum absolute atomic E-state index is 0.00840. The number of aryl methyl sites for hydroxylation is 2. The van der Waals surface area contributed by atoms with Gasteiger partial charge in [-0.1, -0.05) is 49.4 Å². The number of carbonyl (C=O) groups excluding carboxylic acids is 1. The van der Waals surface area contributed by atoms with Crippen molar-refractivity contribution in [3.63, 3.8) is 0 Å². The van der Waals surface area contributed by atoms with Crippen molar-refractivity contribution < 1.29 is 9.53 Å². The van der Waals surface area contributed by atoms with Crippen LogP contribution < -0.4 is 9.64 Å². The third kappa shape index (κ3) is 4.43. The Hall–Kier alpha value is -2.44. The molecule has 0 bridgehead atoms. The molecule has 6 heteroatoms. The lowest BCUT2D eigenvalue weighted by molar-refractivity contribution is 0.0983. The van der Waals surface area contributed by atoms with Crippen LogP contribution in [0.2, 0.25) is 0 Å². The number of amides is 1. The van der Waals surface area contributed by atoms with Gasteiger partial charge in [0.05, 0.1) is 11.8 Å². The van der Waals surface area contributed by atoms with Gasteiger partial charge < -0.3 is 9.64 Å². The number of nitrogens with zero attached hydrogens (tertiary/aromatic N) is 3. The van der Waals surface area contributed by atoms with Crippen molar-refractivity contribution in [3.8, 4) is 5.75 Å². The smallest absolute Gasteiger partial charge is 0.260 e. The zero-order chi connectivity index (χ0) is 21.0. The SMILES string of the molecule is CCN(CC)CCN(C(=O)c1ccccc1C)c1nc2c(OC)ccc(C)c2s1. The van der Waals surface area contributed by atoms with Gasteiger partial charge in [-0.25, -0.2) is 4.98 Å². The summed E-state index contributed by atoms with van der Waals surface area (Å²) in [5.41, 5.74) is 3.64. The Morgan fingerprint density at radius 2 is 1.76 bits per heavy atom. The predicted octanol–water partition coefficient (Wildman–Crippen LogP) is 4.91. The highest BCUT2D eigenvalue weighted by Crippen LogP contribution is 2.36. The molecular formula is C23H29N3O2S. The summed E-state index contributed by atoms with van der Waals surface area (Å²) in [6, 6.07) is 11.7.